The Hall–Kier alpha value is -2.49. The van der Waals surface area contributed by atoms with Gasteiger partial charge in [0, 0.05) is 32.7 Å². The van der Waals surface area contributed by atoms with Crippen LogP contribution in [0.15, 0.2) is 65.6 Å². The van der Waals surface area contributed by atoms with Gasteiger partial charge in [-0.05, 0) is 76.6 Å². The molecule has 3 aromatic rings. The van der Waals surface area contributed by atoms with Crippen LogP contribution in [0.1, 0.15) is 45.2 Å². The molecule has 0 bridgehead atoms. The van der Waals surface area contributed by atoms with Gasteiger partial charge in [-0.2, -0.15) is 0 Å². The van der Waals surface area contributed by atoms with Crippen LogP contribution in [-0.4, -0.2) is 43.3 Å². The van der Waals surface area contributed by atoms with E-state index in [0.717, 1.165) is 9.87 Å². The molecule has 3 aromatic carbocycles. The number of amides is 2. The number of hydrogen-bond acceptors (Lipinski definition) is 4. The first kappa shape index (κ1) is 34.0. The minimum Gasteiger partial charge on any atom is -0.350 e. The van der Waals surface area contributed by atoms with Crippen LogP contribution in [0.5, 0.6) is 0 Å². The van der Waals surface area contributed by atoms with Crippen LogP contribution in [-0.2, 0) is 26.2 Å². The number of nitrogens with zero attached hydrogens (tertiary/aromatic N) is 2. The monoisotopic (exact) mass is 671 g/mol. The quantitative estimate of drug-likeness (QED) is 0.241. The Morgan fingerprint density at radius 2 is 1.50 bits per heavy atom. The van der Waals surface area contributed by atoms with Crippen molar-refractivity contribution < 1.29 is 18.0 Å². The van der Waals surface area contributed by atoms with E-state index in [1.54, 1.807) is 37.3 Å². The van der Waals surface area contributed by atoms with Gasteiger partial charge in [0.2, 0.25) is 11.8 Å². The fraction of sp³-hybridized carbons (Fsp3) is 0.333. The Bertz CT molecular complexity index is 1540. The lowest BCUT2D eigenvalue weighted by molar-refractivity contribution is -0.141. The fourth-order valence-corrected chi connectivity index (χ4v) is 6.63. The lowest BCUT2D eigenvalue weighted by Crippen LogP contribution is -2.55. The molecule has 0 aliphatic rings. The first-order chi connectivity index (χ1) is 19.5. The van der Waals surface area contributed by atoms with E-state index < -0.39 is 40.0 Å². The summed E-state index contributed by atoms with van der Waals surface area (Å²) in [5, 5.41) is 3.81. The maximum Gasteiger partial charge on any atom is 0.264 e. The molecule has 0 aliphatic heterocycles. The number of benzene rings is 3. The van der Waals surface area contributed by atoms with E-state index in [1.807, 2.05) is 27.7 Å². The number of halogens is 4. The van der Waals surface area contributed by atoms with Crippen molar-refractivity contribution in [3.63, 3.8) is 0 Å². The molecule has 1 unspecified atom stereocenters. The van der Waals surface area contributed by atoms with Crippen molar-refractivity contribution in [2.24, 2.45) is 0 Å². The molecule has 0 saturated carbocycles. The molecule has 12 heteroatoms. The first-order valence-corrected chi connectivity index (χ1v) is 16.1. The highest BCUT2D eigenvalue weighted by Gasteiger charge is 2.35. The van der Waals surface area contributed by atoms with Crippen molar-refractivity contribution in [1.29, 1.82) is 0 Å². The molecule has 1 N–H and O–H groups in total. The first-order valence-electron chi connectivity index (χ1n) is 13.1. The van der Waals surface area contributed by atoms with Crippen LogP contribution in [0.3, 0.4) is 0 Å². The van der Waals surface area contributed by atoms with Gasteiger partial charge in [0.15, 0.2) is 0 Å². The summed E-state index contributed by atoms with van der Waals surface area (Å²) < 4.78 is 29.0. The highest BCUT2D eigenvalue weighted by molar-refractivity contribution is 7.92. The molecule has 7 nitrogen and oxygen atoms in total. The van der Waals surface area contributed by atoms with Gasteiger partial charge in [-0.1, -0.05) is 77.1 Å². The van der Waals surface area contributed by atoms with E-state index in [0.29, 0.717) is 15.6 Å². The van der Waals surface area contributed by atoms with E-state index in [1.165, 1.54) is 35.2 Å². The van der Waals surface area contributed by atoms with Crippen molar-refractivity contribution >= 4 is 73.9 Å². The predicted molar refractivity (Wildman–Crippen MR) is 171 cm³/mol. The number of rotatable bonds is 10. The number of carbonyl (C=O) groups excluding carboxylic acids is 2. The Kier molecular flexibility index (Phi) is 11.2. The van der Waals surface area contributed by atoms with Crippen molar-refractivity contribution in [3.8, 4) is 0 Å². The number of hydrogen-bond donors (Lipinski definition) is 1. The van der Waals surface area contributed by atoms with Gasteiger partial charge in [-0.25, -0.2) is 8.42 Å². The molecule has 0 aromatic heterocycles. The minimum absolute atomic E-state index is 0.0148. The van der Waals surface area contributed by atoms with Crippen LogP contribution in [0, 0.1) is 6.92 Å². The van der Waals surface area contributed by atoms with Gasteiger partial charge in [-0.3, -0.25) is 13.9 Å². The van der Waals surface area contributed by atoms with Gasteiger partial charge >= 0.3 is 0 Å². The topological polar surface area (TPSA) is 86.8 Å². The maximum atomic E-state index is 14.2. The molecule has 0 heterocycles. The molecule has 0 aliphatic carbocycles. The Balaban J connectivity index is 2.16. The summed E-state index contributed by atoms with van der Waals surface area (Å²) in [6, 6.07) is 14.5. The van der Waals surface area contributed by atoms with E-state index in [2.05, 4.69) is 5.32 Å². The second kappa shape index (κ2) is 13.9. The number of sulfonamides is 1. The second-order valence-corrected chi connectivity index (χ2v) is 14.3. The number of nitrogens with one attached hydrogen (secondary N) is 1. The van der Waals surface area contributed by atoms with Crippen molar-refractivity contribution in [2.45, 2.75) is 64.1 Å². The van der Waals surface area contributed by atoms with Crippen LogP contribution in [0.25, 0.3) is 0 Å². The molecule has 226 valence electrons. The van der Waals surface area contributed by atoms with E-state index in [-0.39, 0.29) is 33.6 Å². The van der Waals surface area contributed by atoms with E-state index in [4.69, 9.17) is 46.4 Å². The molecule has 3 rings (SSSR count). The summed E-state index contributed by atoms with van der Waals surface area (Å²) in [4.78, 5) is 28.9. The van der Waals surface area contributed by atoms with E-state index in [9.17, 15) is 18.0 Å². The molecule has 0 spiro atoms. The summed E-state index contributed by atoms with van der Waals surface area (Å²) in [6.45, 7) is 8.24. The summed E-state index contributed by atoms with van der Waals surface area (Å²) in [7, 11) is -4.32. The summed E-state index contributed by atoms with van der Waals surface area (Å²) in [6.07, 6.45) is 0.234. The molecule has 42 heavy (non-hydrogen) atoms. The van der Waals surface area contributed by atoms with Crippen molar-refractivity contribution in [2.75, 3.05) is 10.8 Å². The van der Waals surface area contributed by atoms with Crippen LogP contribution in [0.2, 0.25) is 20.1 Å². The minimum atomic E-state index is -4.32. The fourth-order valence-electron chi connectivity index (χ4n) is 4.25. The van der Waals surface area contributed by atoms with Crippen LogP contribution < -0.4 is 9.62 Å². The zero-order chi connectivity index (χ0) is 31.4. The average molecular weight is 673 g/mol. The lowest BCUT2D eigenvalue weighted by atomic mass is 10.1. The zero-order valence-electron chi connectivity index (χ0n) is 23.9. The normalized spacial score (nSPS) is 12.5. The third-order valence-corrected chi connectivity index (χ3v) is 9.38. The molecule has 1 atom stereocenters. The molecular formula is C30H33Cl4N3O4S. The van der Waals surface area contributed by atoms with Gasteiger partial charge < -0.3 is 10.2 Å². The Morgan fingerprint density at radius 3 is 2.05 bits per heavy atom. The Morgan fingerprint density at radius 1 is 0.905 bits per heavy atom. The maximum absolute atomic E-state index is 14.2. The van der Waals surface area contributed by atoms with Gasteiger partial charge in [0.25, 0.3) is 10.0 Å². The smallest absolute Gasteiger partial charge is 0.264 e. The predicted octanol–water partition coefficient (Wildman–Crippen LogP) is 7.53. The highest BCUT2D eigenvalue weighted by atomic mass is 35.5. The molecule has 2 amide bonds. The molecule has 0 radical (unpaired) electrons. The summed E-state index contributed by atoms with van der Waals surface area (Å²) in [5.74, 6) is -1.08. The molecule has 0 fully saturated rings. The number of anilines is 1. The third-order valence-electron chi connectivity index (χ3n) is 6.34. The number of aryl methyl sites for hydroxylation is 1. The van der Waals surface area contributed by atoms with Gasteiger partial charge in [0.1, 0.15) is 12.6 Å². The van der Waals surface area contributed by atoms with Gasteiger partial charge in [0.05, 0.1) is 15.6 Å². The summed E-state index contributed by atoms with van der Waals surface area (Å²) in [5.41, 5.74) is 0.706. The molecular weight excluding hydrogens is 640 g/mol. The SMILES string of the molecule is CCC(C(=O)NC(C)(C)C)N(Cc1c(Cl)cccc1Cl)C(=O)CN(c1cc(Cl)ccc1Cl)S(=O)(=O)c1ccc(C)cc1. The highest BCUT2D eigenvalue weighted by Crippen LogP contribution is 2.34. The van der Waals surface area contributed by atoms with Gasteiger partial charge in [-0.15, -0.1) is 0 Å². The summed E-state index contributed by atoms with van der Waals surface area (Å²) >= 11 is 25.6. The standard InChI is InChI=1S/C30H33Cl4N3O4S/c1-6-26(29(39)35-30(3,4)5)36(17-22-23(32)8-7-9-24(22)33)28(38)18-37(27-16-20(31)12-15-25(27)34)42(40,41)21-13-10-19(2)11-14-21/h7-16,26H,6,17-18H2,1-5H3,(H,35,39). The average Bonchev–Trinajstić information content (AvgIpc) is 2.89. The van der Waals surface area contributed by atoms with Crippen molar-refractivity contribution in [1.82, 2.24) is 10.2 Å². The Labute approximate surface area is 267 Å². The second-order valence-electron chi connectivity index (χ2n) is 10.8. The van der Waals surface area contributed by atoms with Crippen LogP contribution >= 0.6 is 46.4 Å². The van der Waals surface area contributed by atoms with Crippen molar-refractivity contribution in [3.05, 3.63) is 91.9 Å². The third kappa shape index (κ3) is 8.32. The number of carbonyl (C=O) groups is 2. The zero-order valence-corrected chi connectivity index (χ0v) is 27.8. The largest absolute Gasteiger partial charge is 0.350 e. The van der Waals surface area contributed by atoms with E-state index >= 15 is 0 Å². The lowest BCUT2D eigenvalue weighted by Gasteiger charge is -2.35. The molecule has 0 saturated heterocycles. The van der Waals surface area contributed by atoms with Crippen LogP contribution in [0.4, 0.5) is 5.69 Å².